The smallest absolute Gasteiger partial charge is 0.260 e. The molecule has 100 valence electrons. The Hall–Kier alpha value is -1.62. The van der Waals surface area contributed by atoms with E-state index in [2.05, 4.69) is 5.32 Å². The van der Waals surface area contributed by atoms with Crippen LogP contribution in [0.25, 0.3) is 0 Å². The number of carbonyl (C=O) groups excluding carboxylic acids is 1. The number of nitrogens with two attached hydrogens (primary N) is 1. The van der Waals surface area contributed by atoms with Crippen molar-refractivity contribution in [2.24, 2.45) is 5.73 Å². The molecular weight excluding hydrogens is 235 g/mol. The molecule has 1 aromatic carbocycles. The summed E-state index contributed by atoms with van der Waals surface area (Å²) < 4.78 is 18.7. The summed E-state index contributed by atoms with van der Waals surface area (Å²) in [6.45, 7) is 5.73. The van der Waals surface area contributed by atoms with Gasteiger partial charge in [-0.2, -0.15) is 0 Å². The minimum Gasteiger partial charge on any atom is -0.480 e. The van der Waals surface area contributed by atoms with Gasteiger partial charge in [0.05, 0.1) is 0 Å². The average Bonchev–Trinajstić information content (AvgIpc) is 2.28. The lowest BCUT2D eigenvalue weighted by Crippen LogP contribution is -2.36. The Bertz CT molecular complexity index is 421. The molecule has 0 aliphatic carbocycles. The van der Waals surface area contributed by atoms with E-state index in [0.717, 1.165) is 0 Å². The molecule has 0 aliphatic heterocycles. The molecule has 0 spiro atoms. The van der Waals surface area contributed by atoms with Crippen LogP contribution in [0.15, 0.2) is 18.2 Å². The summed E-state index contributed by atoms with van der Waals surface area (Å²) >= 11 is 0. The first-order valence-electron chi connectivity index (χ1n) is 5.95. The molecule has 18 heavy (non-hydrogen) atoms. The quantitative estimate of drug-likeness (QED) is 0.841. The Kier molecular flexibility index (Phi) is 5.09. The monoisotopic (exact) mass is 254 g/mol. The molecule has 1 rings (SSSR count). The Morgan fingerprint density at radius 2 is 2.17 bits per heavy atom. The predicted octanol–water partition coefficient (Wildman–Crippen LogP) is 1.75. The molecule has 0 saturated heterocycles. The number of nitrogens with one attached hydrogen (secondary N) is 1. The number of hydrogen-bond donors (Lipinski definition) is 2. The molecule has 4 nitrogen and oxygen atoms in total. The standard InChI is InChI=1S/C13H19FN2O2/c1-4-16-13(17)9(3)18-12-7-10(14)5-6-11(12)8(2)15/h5-9H,4,15H2,1-3H3,(H,16,17)/t8-,9?/m0/s1. The number of benzene rings is 1. The molecule has 2 atom stereocenters. The van der Waals surface area contributed by atoms with Gasteiger partial charge in [0.1, 0.15) is 11.6 Å². The number of carbonyl (C=O) groups is 1. The molecular formula is C13H19FN2O2. The van der Waals surface area contributed by atoms with Crippen LogP contribution in [0.1, 0.15) is 32.4 Å². The van der Waals surface area contributed by atoms with Crippen LogP contribution in [0, 0.1) is 5.82 Å². The lowest BCUT2D eigenvalue weighted by molar-refractivity contribution is -0.127. The van der Waals surface area contributed by atoms with Crippen molar-refractivity contribution in [1.29, 1.82) is 0 Å². The van der Waals surface area contributed by atoms with E-state index in [0.29, 0.717) is 17.9 Å². The molecule has 1 amide bonds. The van der Waals surface area contributed by atoms with Crippen molar-refractivity contribution in [3.63, 3.8) is 0 Å². The highest BCUT2D eigenvalue weighted by molar-refractivity contribution is 5.80. The zero-order valence-electron chi connectivity index (χ0n) is 10.9. The molecule has 0 heterocycles. The second-order valence-electron chi connectivity index (χ2n) is 4.13. The molecule has 0 bridgehead atoms. The van der Waals surface area contributed by atoms with Crippen molar-refractivity contribution >= 4 is 5.91 Å². The van der Waals surface area contributed by atoms with E-state index in [9.17, 15) is 9.18 Å². The van der Waals surface area contributed by atoms with Crippen LogP contribution in [0.3, 0.4) is 0 Å². The van der Waals surface area contributed by atoms with E-state index in [1.165, 1.54) is 12.1 Å². The zero-order valence-corrected chi connectivity index (χ0v) is 10.9. The molecule has 0 fully saturated rings. The van der Waals surface area contributed by atoms with Crippen LogP contribution < -0.4 is 15.8 Å². The topological polar surface area (TPSA) is 64.3 Å². The maximum absolute atomic E-state index is 13.2. The van der Waals surface area contributed by atoms with Gasteiger partial charge in [0.25, 0.3) is 5.91 Å². The lowest BCUT2D eigenvalue weighted by atomic mass is 10.1. The van der Waals surface area contributed by atoms with E-state index in [4.69, 9.17) is 10.5 Å². The number of likely N-dealkylation sites (N-methyl/N-ethyl adjacent to an activating group) is 1. The summed E-state index contributed by atoms with van der Waals surface area (Å²) in [6.07, 6.45) is -0.691. The first kappa shape index (κ1) is 14.4. The molecule has 0 aromatic heterocycles. The van der Waals surface area contributed by atoms with Gasteiger partial charge in [-0.25, -0.2) is 4.39 Å². The fourth-order valence-corrected chi connectivity index (χ4v) is 1.55. The molecule has 0 saturated carbocycles. The van der Waals surface area contributed by atoms with Crippen molar-refractivity contribution in [1.82, 2.24) is 5.32 Å². The Morgan fingerprint density at radius 1 is 1.50 bits per heavy atom. The van der Waals surface area contributed by atoms with Crippen LogP contribution in [0.4, 0.5) is 4.39 Å². The van der Waals surface area contributed by atoms with Crippen molar-refractivity contribution in [3.8, 4) is 5.75 Å². The van der Waals surface area contributed by atoms with E-state index in [1.807, 2.05) is 6.92 Å². The highest BCUT2D eigenvalue weighted by atomic mass is 19.1. The van der Waals surface area contributed by atoms with Gasteiger partial charge in [-0.1, -0.05) is 6.07 Å². The Labute approximate surface area is 106 Å². The van der Waals surface area contributed by atoms with Crippen molar-refractivity contribution in [3.05, 3.63) is 29.6 Å². The summed E-state index contributed by atoms with van der Waals surface area (Å²) in [5, 5.41) is 2.64. The van der Waals surface area contributed by atoms with Crippen molar-refractivity contribution in [2.45, 2.75) is 32.9 Å². The third-order valence-corrected chi connectivity index (χ3v) is 2.49. The summed E-state index contributed by atoms with van der Waals surface area (Å²) in [5.74, 6) is -0.348. The van der Waals surface area contributed by atoms with Gasteiger partial charge in [0, 0.05) is 24.2 Å². The number of ether oxygens (including phenoxy) is 1. The van der Waals surface area contributed by atoms with E-state index in [1.54, 1.807) is 19.9 Å². The van der Waals surface area contributed by atoms with Crippen molar-refractivity contribution < 1.29 is 13.9 Å². The third-order valence-electron chi connectivity index (χ3n) is 2.49. The zero-order chi connectivity index (χ0) is 13.7. The maximum atomic E-state index is 13.2. The molecule has 1 aromatic rings. The fourth-order valence-electron chi connectivity index (χ4n) is 1.55. The maximum Gasteiger partial charge on any atom is 0.260 e. The molecule has 3 N–H and O–H groups in total. The van der Waals surface area contributed by atoms with Gasteiger partial charge in [-0.3, -0.25) is 4.79 Å². The largest absolute Gasteiger partial charge is 0.480 e. The lowest BCUT2D eigenvalue weighted by Gasteiger charge is -2.18. The van der Waals surface area contributed by atoms with Gasteiger partial charge in [-0.15, -0.1) is 0 Å². The Balaban J connectivity index is 2.88. The van der Waals surface area contributed by atoms with Crippen LogP contribution in [-0.2, 0) is 4.79 Å². The number of rotatable bonds is 5. The summed E-state index contributed by atoms with van der Waals surface area (Å²) in [7, 11) is 0. The number of amides is 1. The Morgan fingerprint density at radius 3 is 2.72 bits per heavy atom. The fraction of sp³-hybridized carbons (Fsp3) is 0.462. The highest BCUT2D eigenvalue weighted by Gasteiger charge is 2.17. The van der Waals surface area contributed by atoms with Crippen molar-refractivity contribution in [2.75, 3.05) is 6.54 Å². The third kappa shape index (κ3) is 3.70. The minimum atomic E-state index is -0.691. The summed E-state index contributed by atoms with van der Waals surface area (Å²) in [6, 6.07) is 3.85. The predicted molar refractivity (Wildman–Crippen MR) is 67.8 cm³/mol. The van der Waals surface area contributed by atoms with Crippen LogP contribution in [-0.4, -0.2) is 18.6 Å². The van der Waals surface area contributed by atoms with E-state index < -0.39 is 11.9 Å². The van der Waals surface area contributed by atoms with Gasteiger partial charge in [0.15, 0.2) is 6.10 Å². The summed E-state index contributed by atoms with van der Waals surface area (Å²) in [4.78, 5) is 11.6. The van der Waals surface area contributed by atoms with E-state index >= 15 is 0 Å². The SMILES string of the molecule is CCNC(=O)C(C)Oc1cc(F)ccc1[C@H](C)N. The van der Waals surface area contributed by atoms with Crippen LogP contribution >= 0.6 is 0 Å². The second kappa shape index (κ2) is 6.35. The summed E-state index contributed by atoms with van der Waals surface area (Å²) in [5.41, 5.74) is 6.45. The van der Waals surface area contributed by atoms with Gasteiger partial charge >= 0.3 is 0 Å². The molecule has 0 radical (unpaired) electrons. The first-order chi connectivity index (χ1) is 8.45. The average molecular weight is 254 g/mol. The van der Waals surface area contributed by atoms with Gasteiger partial charge in [-0.05, 0) is 26.8 Å². The molecule has 5 heteroatoms. The number of hydrogen-bond acceptors (Lipinski definition) is 3. The van der Waals surface area contributed by atoms with Crippen LogP contribution in [0.5, 0.6) is 5.75 Å². The molecule has 1 unspecified atom stereocenters. The highest BCUT2D eigenvalue weighted by Crippen LogP contribution is 2.25. The van der Waals surface area contributed by atoms with Crippen LogP contribution in [0.2, 0.25) is 0 Å². The van der Waals surface area contributed by atoms with Gasteiger partial charge in [0.2, 0.25) is 0 Å². The number of halogens is 1. The van der Waals surface area contributed by atoms with Gasteiger partial charge < -0.3 is 15.8 Å². The normalized spacial score (nSPS) is 13.8. The minimum absolute atomic E-state index is 0.239. The van der Waals surface area contributed by atoms with E-state index in [-0.39, 0.29) is 11.9 Å². The first-order valence-corrected chi connectivity index (χ1v) is 5.95. The second-order valence-corrected chi connectivity index (χ2v) is 4.13. The molecule has 0 aliphatic rings.